The first kappa shape index (κ1) is 9.57. The maximum atomic E-state index is 12.8. The minimum absolute atomic E-state index is 0.118. The number of carbonyl (C=O) groups is 1. The Morgan fingerprint density at radius 2 is 2.38 bits per heavy atom. The van der Waals surface area contributed by atoms with Crippen molar-refractivity contribution in [2.24, 2.45) is 0 Å². The number of carbonyl (C=O) groups excluding carboxylic acids is 1. The highest BCUT2D eigenvalue weighted by Crippen LogP contribution is 2.01. The number of hydrogen-bond donors (Lipinski definition) is 1. The third-order valence-electron chi connectivity index (χ3n) is 1.38. The van der Waals surface area contributed by atoms with Crippen molar-refractivity contribution in [3.63, 3.8) is 0 Å². The van der Waals surface area contributed by atoms with Gasteiger partial charge < -0.3 is 5.32 Å². The highest BCUT2D eigenvalue weighted by Gasteiger charge is 2.10. The van der Waals surface area contributed by atoms with Crippen LogP contribution in [0.3, 0.4) is 0 Å². The van der Waals surface area contributed by atoms with Crippen LogP contribution >= 0.6 is 0 Å². The molecule has 0 bridgehead atoms. The average molecular weight is 186 g/mol. The van der Waals surface area contributed by atoms with Crippen LogP contribution in [0.15, 0.2) is 18.3 Å². The van der Waals surface area contributed by atoms with Gasteiger partial charge in [-0.1, -0.05) is 0 Å². The molecule has 0 aliphatic carbocycles. The van der Waals surface area contributed by atoms with Crippen LogP contribution in [0.1, 0.15) is 10.4 Å². The quantitative estimate of drug-likeness (QED) is 0.713. The number of alkyl halides is 1. The Kier molecular flexibility index (Phi) is 3.31. The van der Waals surface area contributed by atoms with Gasteiger partial charge in [0.05, 0.1) is 5.56 Å². The summed E-state index contributed by atoms with van der Waals surface area (Å²) >= 11 is 0. The third-order valence-corrected chi connectivity index (χ3v) is 1.38. The highest BCUT2D eigenvalue weighted by atomic mass is 19.1. The molecular weight excluding hydrogens is 178 g/mol. The van der Waals surface area contributed by atoms with E-state index in [1.807, 2.05) is 0 Å². The minimum Gasteiger partial charge on any atom is -0.349 e. The van der Waals surface area contributed by atoms with E-state index in [0.717, 1.165) is 0 Å². The van der Waals surface area contributed by atoms with Crippen LogP contribution in [0, 0.1) is 5.95 Å². The van der Waals surface area contributed by atoms with E-state index in [9.17, 15) is 13.6 Å². The van der Waals surface area contributed by atoms with E-state index in [-0.39, 0.29) is 12.1 Å². The molecule has 1 aromatic rings. The number of nitrogens with zero attached hydrogens (tertiary/aromatic N) is 1. The standard InChI is InChI=1S/C8H8F2N2O/c9-3-5-12-8(13)6-2-1-4-11-7(6)10/h1-2,4H,3,5H2,(H,12,13). The SMILES string of the molecule is O=C(NCCF)c1cccnc1F. The maximum absolute atomic E-state index is 12.8. The number of halogens is 2. The number of pyridine rings is 1. The normalized spacial score (nSPS) is 9.69. The first-order valence-corrected chi connectivity index (χ1v) is 3.70. The number of hydrogen-bond acceptors (Lipinski definition) is 2. The molecule has 1 heterocycles. The van der Waals surface area contributed by atoms with Crippen LogP contribution in [-0.4, -0.2) is 24.1 Å². The molecule has 0 saturated carbocycles. The van der Waals surface area contributed by atoms with Gasteiger partial charge in [0.2, 0.25) is 5.95 Å². The van der Waals surface area contributed by atoms with Gasteiger partial charge in [-0.25, -0.2) is 9.37 Å². The molecular formula is C8H8F2N2O. The maximum Gasteiger partial charge on any atom is 0.256 e. The lowest BCUT2D eigenvalue weighted by Gasteiger charge is -2.01. The molecule has 1 amide bonds. The van der Waals surface area contributed by atoms with Crippen molar-refractivity contribution in [2.45, 2.75) is 0 Å². The van der Waals surface area contributed by atoms with Gasteiger partial charge in [-0.05, 0) is 12.1 Å². The van der Waals surface area contributed by atoms with E-state index in [1.165, 1.54) is 18.3 Å². The lowest BCUT2D eigenvalue weighted by molar-refractivity contribution is 0.0946. The lowest BCUT2D eigenvalue weighted by Crippen LogP contribution is -2.26. The summed E-state index contributed by atoms with van der Waals surface area (Å²) in [5.74, 6) is -1.50. The molecule has 0 aliphatic heterocycles. The minimum atomic E-state index is -0.848. The van der Waals surface area contributed by atoms with Crippen LogP contribution in [-0.2, 0) is 0 Å². The van der Waals surface area contributed by atoms with Gasteiger partial charge in [0, 0.05) is 12.7 Å². The second-order valence-corrected chi connectivity index (χ2v) is 2.29. The van der Waals surface area contributed by atoms with E-state index < -0.39 is 18.5 Å². The summed E-state index contributed by atoms with van der Waals surface area (Å²) in [4.78, 5) is 14.4. The molecule has 0 atom stereocenters. The van der Waals surface area contributed by atoms with Gasteiger partial charge in [0.1, 0.15) is 6.67 Å². The molecule has 0 aliphatic rings. The predicted molar refractivity (Wildman–Crippen MR) is 42.5 cm³/mol. The fourth-order valence-corrected chi connectivity index (χ4v) is 0.811. The van der Waals surface area contributed by atoms with Crippen molar-refractivity contribution in [1.82, 2.24) is 10.3 Å². The molecule has 0 radical (unpaired) electrons. The Bertz CT molecular complexity index is 304. The number of nitrogens with one attached hydrogen (secondary N) is 1. The van der Waals surface area contributed by atoms with Gasteiger partial charge in [-0.2, -0.15) is 4.39 Å². The van der Waals surface area contributed by atoms with Gasteiger partial charge in [0.15, 0.2) is 0 Å². The molecule has 0 spiro atoms. The van der Waals surface area contributed by atoms with E-state index in [1.54, 1.807) is 0 Å². The third kappa shape index (κ3) is 2.47. The zero-order valence-corrected chi connectivity index (χ0v) is 6.76. The Balaban J connectivity index is 2.71. The second-order valence-electron chi connectivity index (χ2n) is 2.29. The molecule has 1 aromatic heterocycles. The van der Waals surface area contributed by atoms with Gasteiger partial charge in [-0.15, -0.1) is 0 Å². The Hall–Kier alpha value is -1.52. The Morgan fingerprint density at radius 1 is 1.62 bits per heavy atom. The summed E-state index contributed by atoms with van der Waals surface area (Å²) in [7, 11) is 0. The zero-order chi connectivity index (χ0) is 9.68. The van der Waals surface area contributed by atoms with Crippen molar-refractivity contribution < 1.29 is 13.6 Å². The van der Waals surface area contributed by atoms with Gasteiger partial charge in [0.25, 0.3) is 5.91 Å². The Labute approximate surface area is 73.8 Å². The second kappa shape index (κ2) is 4.49. The monoisotopic (exact) mass is 186 g/mol. The van der Waals surface area contributed by atoms with Crippen LogP contribution in [0.5, 0.6) is 0 Å². The molecule has 3 nitrogen and oxygen atoms in total. The fraction of sp³-hybridized carbons (Fsp3) is 0.250. The summed E-state index contributed by atoms with van der Waals surface area (Å²) in [6.07, 6.45) is 1.24. The predicted octanol–water partition coefficient (Wildman–Crippen LogP) is 0.920. The summed E-state index contributed by atoms with van der Waals surface area (Å²) < 4.78 is 24.4. The van der Waals surface area contributed by atoms with Crippen molar-refractivity contribution in [3.8, 4) is 0 Å². The molecule has 13 heavy (non-hydrogen) atoms. The highest BCUT2D eigenvalue weighted by molar-refractivity contribution is 5.94. The summed E-state index contributed by atoms with van der Waals surface area (Å²) in [5, 5.41) is 2.20. The molecule has 0 saturated heterocycles. The fourth-order valence-electron chi connectivity index (χ4n) is 0.811. The van der Waals surface area contributed by atoms with Gasteiger partial charge >= 0.3 is 0 Å². The van der Waals surface area contributed by atoms with E-state index in [4.69, 9.17) is 0 Å². The van der Waals surface area contributed by atoms with E-state index in [2.05, 4.69) is 10.3 Å². The zero-order valence-electron chi connectivity index (χ0n) is 6.76. The largest absolute Gasteiger partial charge is 0.349 e. The number of aromatic nitrogens is 1. The molecule has 5 heteroatoms. The summed E-state index contributed by atoms with van der Waals surface area (Å²) in [5.41, 5.74) is -0.170. The summed E-state index contributed by atoms with van der Waals surface area (Å²) in [6.45, 7) is -0.791. The van der Waals surface area contributed by atoms with Crippen LogP contribution in [0.2, 0.25) is 0 Å². The van der Waals surface area contributed by atoms with Gasteiger partial charge in [-0.3, -0.25) is 4.79 Å². The first-order chi connectivity index (χ1) is 6.25. The van der Waals surface area contributed by atoms with Crippen LogP contribution < -0.4 is 5.32 Å². The van der Waals surface area contributed by atoms with Crippen molar-refractivity contribution in [3.05, 3.63) is 29.8 Å². The molecule has 1 N–H and O–H groups in total. The van der Waals surface area contributed by atoms with Crippen molar-refractivity contribution in [1.29, 1.82) is 0 Å². The Morgan fingerprint density at radius 3 is 3.00 bits per heavy atom. The van der Waals surface area contributed by atoms with E-state index in [0.29, 0.717) is 0 Å². The van der Waals surface area contributed by atoms with Crippen molar-refractivity contribution in [2.75, 3.05) is 13.2 Å². The van der Waals surface area contributed by atoms with Crippen molar-refractivity contribution >= 4 is 5.91 Å². The smallest absolute Gasteiger partial charge is 0.256 e. The molecule has 70 valence electrons. The number of rotatable bonds is 3. The molecule has 0 unspecified atom stereocenters. The molecule has 0 aromatic carbocycles. The van der Waals surface area contributed by atoms with Crippen LogP contribution in [0.4, 0.5) is 8.78 Å². The topological polar surface area (TPSA) is 42.0 Å². The van der Waals surface area contributed by atoms with E-state index >= 15 is 0 Å². The van der Waals surface area contributed by atoms with Crippen LogP contribution in [0.25, 0.3) is 0 Å². The average Bonchev–Trinajstić information content (AvgIpc) is 2.15. The first-order valence-electron chi connectivity index (χ1n) is 3.70. The summed E-state index contributed by atoms with van der Waals surface area (Å²) in [6, 6.07) is 2.73. The lowest BCUT2D eigenvalue weighted by atomic mass is 10.2. The number of amides is 1. The molecule has 0 fully saturated rings. The molecule has 1 rings (SSSR count).